The number of fused-ring (bicyclic) bond motifs is 1. The van der Waals surface area contributed by atoms with E-state index < -0.39 is 0 Å². The van der Waals surface area contributed by atoms with Gasteiger partial charge >= 0.3 is 0 Å². The van der Waals surface area contributed by atoms with E-state index in [1.54, 1.807) is 4.68 Å². The van der Waals surface area contributed by atoms with Crippen LogP contribution in [0.25, 0.3) is 22.3 Å². The van der Waals surface area contributed by atoms with Gasteiger partial charge in [-0.2, -0.15) is 5.10 Å². The van der Waals surface area contributed by atoms with E-state index in [4.69, 9.17) is 16.6 Å². The van der Waals surface area contributed by atoms with Gasteiger partial charge in [0.25, 0.3) is 5.91 Å². The fourth-order valence-electron chi connectivity index (χ4n) is 3.49. The summed E-state index contributed by atoms with van der Waals surface area (Å²) < 4.78 is 1.71. The molecule has 0 atom stereocenters. The van der Waals surface area contributed by atoms with Crippen LogP contribution >= 0.6 is 11.6 Å². The number of hydrogen-bond donors (Lipinski definition) is 1. The molecule has 4 rings (SSSR count). The molecule has 1 amide bonds. The second kappa shape index (κ2) is 7.33. The Labute approximate surface area is 174 Å². The summed E-state index contributed by atoms with van der Waals surface area (Å²) in [6.07, 6.45) is 0. The van der Waals surface area contributed by atoms with Gasteiger partial charge in [0.15, 0.2) is 5.65 Å². The number of aromatic nitrogens is 3. The molecule has 29 heavy (non-hydrogen) atoms. The fraction of sp³-hybridized carbons (Fsp3) is 0.174. The molecule has 4 aromatic rings. The van der Waals surface area contributed by atoms with E-state index in [0.29, 0.717) is 16.2 Å². The van der Waals surface area contributed by atoms with E-state index in [9.17, 15) is 4.79 Å². The quantitative estimate of drug-likeness (QED) is 0.492. The summed E-state index contributed by atoms with van der Waals surface area (Å²) in [5.41, 5.74) is 6.23. The lowest BCUT2D eigenvalue weighted by Gasteiger charge is -2.12. The van der Waals surface area contributed by atoms with E-state index in [0.717, 1.165) is 39.2 Å². The highest BCUT2D eigenvalue weighted by molar-refractivity contribution is 6.31. The number of carbonyl (C=O) groups is 1. The van der Waals surface area contributed by atoms with Gasteiger partial charge in [0.2, 0.25) is 0 Å². The topological polar surface area (TPSA) is 59.8 Å². The second-order valence-electron chi connectivity index (χ2n) is 7.20. The van der Waals surface area contributed by atoms with Crippen LogP contribution in [0, 0.1) is 20.8 Å². The molecule has 6 heteroatoms. The summed E-state index contributed by atoms with van der Waals surface area (Å²) in [6.45, 7) is 5.73. The minimum Gasteiger partial charge on any atom is -0.322 e. The van der Waals surface area contributed by atoms with Crippen molar-refractivity contribution in [3.8, 4) is 11.3 Å². The van der Waals surface area contributed by atoms with Crippen molar-refractivity contribution >= 4 is 34.2 Å². The van der Waals surface area contributed by atoms with Gasteiger partial charge in [-0.25, -0.2) is 4.98 Å². The minimum atomic E-state index is -0.199. The van der Waals surface area contributed by atoms with E-state index >= 15 is 0 Å². The smallest absolute Gasteiger partial charge is 0.256 e. The Kier molecular flexibility index (Phi) is 4.84. The third-order valence-electron chi connectivity index (χ3n) is 5.04. The average molecular weight is 405 g/mol. The van der Waals surface area contributed by atoms with Crippen molar-refractivity contribution in [3.05, 3.63) is 75.9 Å². The van der Waals surface area contributed by atoms with Crippen LogP contribution in [0.15, 0.2) is 48.5 Å². The first-order valence-corrected chi connectivity index (χ1v) is 9.71. The van der Waals surface area contributed by atoms with Gasteiger partial charge in [-0.05, 0) is 50.1 Å². The lowest BCUT2D eigenvalue weighted by molar-refractivity contribution is 0.102. The molecular formula is C23H21ClN4O. The monoisotopic (exact) mass is 404 g/mol. The molecule has 0 unspecified atom stereocenters. The Balaban J connectivity index is 1.86. The molecule has 0 aliphatic carbocycles. The number of benzene rings is 2. The molecule has 2 heterocycles. The average Bonchev–Trinajstić information content (AvgIpc) is 3.00. The summed E-state index contributed by atoms with van der Waals surface area (Å²) in [5, 5.41) is 8.95. The molecule has 0 aliphatic heterocycles. The minimum absolute atomic E-state index is 0.199. The number of nitrogens with zero attached hydrogens (tertiary/aromatic N) is 3. The SMILES string of the molecule is Cc1cc(NC(=O)c2cc(-c3ccccc3)nc3c2c(C)nn3C)c(C)cc1Cl. The van der Waals surface area contributed by atoms with Crippen LogP contribution in [0.5, 0.6) is 0 Å². The summed E-state index contributed by atoms with van der Waals surface area (Å²) in [6, 6.07) is 15.4. The zero-order valence-electron chi connectivity index (χ0n) is 16.7. The van der Waals surface area contributed by atoms with Gasteiger partial charge in [-0.1, -0.05) is 41.9 Å². The Morgan fingerprint density at radius 2 is 1.76 bits per heavy atom. The molecule has 1 N–H and O–H groups in total. The zero-order valence-corrected chi connectivity index (χ0v) is 17.5. The lowest BCUT2D eigenvalue weighted by Crippen LogP contribution is -2.14. The predicted molar refractivity (Wildman–Crippen MR) is 118 cm³/mol. The first-order chi connectivity index (χ1) is 13.8. The number of anilines is 1. The molecule has 0 spiro atoms. The van der Waals surface area contributed by atoms with Crippen molar-refractivity contribution in [2.24, 2.45) is 7.05 Å². The lowest BCUT2D eigenvalue weighted by atomic mass is 10.0. The van der Waals surface area contributed by atoms with Crippen LogP contribution in [-0.2, 0) is 7.05 Å². The first kappa shape index (κ1) is 19.2. The van der Waals surface area contributed by atoms with Crippen molar-refractivity contribution in [1.82, 2.24) is 14.8 Å². The molecule has 5 nitrogen and oxygen atoms in total. The van der Waals surface area contributed by atoms with Gasteiger partial charge in [-0.15, -0.1) is 0 Å². The standard InChI is InChI=1S/C23H21ClN4O/c1-13-11-19(14(2)10-18(13)24)26-23(29)17-12-20(16-8-6-5-7-9-16)25-22-21(17)15(3)27-28(22)4/h5-12H,1-4H3,(H,26,29). The highest BCUT2D eigenvalue weighted by Gasteiger charge is 2.20. The van der Waals surface area contributed by atoms with E-state index in [-0.39, 0.29) is 5.91 Å². The Morgan fingerprint density at radius 1 is 1.03 bits per heavy atom. The van der Waals surface area contributed by atoms with Gasteiger partial charge < -0.3 is 5.32 Å². The zero-order chi connectivity index (χ0) is 20.7. The van der Waals surface area contributed by atoms with Crippen molar-refractivity contribution in [2.75, 3.05) is 5.32 Å². The number of pyridine rings is 1. The fourth-order valence-corrected chi connectivity index (χ4v) is 3.70. The summed E-state index contributed by atoms with van der Waals surface area (Å²) in [5.74, 6) is -0.199. The maximum absolute atomic E-state index is 13.3. The number of nitrogens with one attached hydrogen (secondary N) is 1. The Hall–Kier alpha value is -3.18. The normalized spacial score (nSPS) is 11.1. The summed E-state index contributed by atoms with van der Waals surface area (Å²) >= 11 is 6.20. The van der Waals surface area contributed by atoms with Crippen LogP contribution in [0.2, 0.25) is 5.02 Å². The van der Waals surface area contributed by atoms with Crippen molar-refractivity contribution in [1.29, 1.82) is 0 Å². The Morgan fingerprint density at radius 3 is 2.48 bits per heavy atom. The summed E-state index contributed by atoms with van der Waals surface area (Å²) in [4.78, 5) is 18.1. The number of amides is 1. The first-order valence-electron chi connectivity index (χ1n) is 9.33. The van der Waals surface area contributed by atoms with Crippen molar-refractivity contribution < 1.29 is 4.79 Å². The third kappa shape index (κ3) is 3.49. The van der Waals surface area contributed by atoms with Gasteiger partial charge in [0.1, 0.15) is 0 Å². The summed E-state index contributed by atoms with van der Waals surface area (Å²) in [7, 11) is 1.84. The van der Waals surface area contributed by atoms with E-state index in [1.807, 2.05) is 76.3 Å². The number of rotatable bonds is 3. The third-order valence-corrected chi connectivity index (χ3v) is 5.44. The van der Waals surface area contributed by atoms with Crippen LogP contribution in [0.4, 0.5) is 5.69 Å². The highest BCUT2D eigenvalue weighted by Crippen LogP contribution is 2.29. The molecule has 2 aromatic heterocycles. The molecular weight excluding hydrogens is 384 g/mol. The molecule has 0 saturated carbocycles. The van der Waals surface area contributed by atoms with Crippen LogP contribution in [-0.4, -0.2) is 20.7 Å². The molecule has 0 aliphatic rings. The molecule has 0 bridgehead atoms. The van der Waals surface area contributed by atoms with Crippen molar-refractivity contribution in [3.63, 3.8) is 0 Å². The second-order valence-corrected chi connectivity index (χ2v) is 7.61. The van der Waals surface area contributed by atoms with E-state index in [1.165, 1.54) is 0 Å². The highest BCUT2D eigenvalue weighted by atomic mass is 35.5. The molecule has 0 radical (unpaired) electrons. The van der Waals surface area contributed by atoms with E-state index in [2.05, 4.69) is 10.4 Å². The Bertz CT molecular complexity index is 1250. The predicted octanol–water partition coefficient (Wildman–Crippen LogP) is 5.47. The largest absolute Gasteiger partial charge is 0.322 e. The van der Waals surface area contributed by atoms with Crippen LogP contribution < -0.4 is 5.32 Å². The van der Waals surface area contributed by atoms with Gasteiger partial charge in [0.05, 0.1) is 22.3 Å². The maximum Gasteiger partial charge on any atom is 0.256 e. The van der Waals surface area contributed by atoms with Crippen LogP contribution in [0.3, 0.4) is 0 Å². The maximum atomic E-state index is 13.3. The molecule has 0 fully saturated rings. The van der Waals surface area contributed by atoms with Gasteiger partial charge in [-0.3, -0.25) is 9.48 Å². The van der Waals surface area contributed by atoms with Crippen molar-refractivity contribution in [2.45, 2.75) is 20.8 Å². The molecule has 146 valence electrons. The number of carbonyl (C=O) groups excluding carboxylic acids is 1. The number of halogens is 1. The molecule has 2 aromatic carbocycles. The molecule has 0 saturated heterocycles. The van der Waals surface area contributed by atoms with Crippen LogP contribution in [0.1, 0.15) is 27.2 Å². The van der Waals surface area contributed by atoms with Gasteiger partial charge in [0, 0.05) is 23.3 Å². The number of aryl methyl sites for hydroxylation is 4. The number of hydrogen-bond acceptors (Lipinski definition) is 3.